The summed E-state index contributed by atoms with van der Waals surface area (Å²) in [6.45, 7) is 4.40. The summed E-state index contributed by atoms with van der Waals surface area (Å²) >= 11 is 6.29. The van der Waals surface area contributed by atoms with Crippen LogP contribution in [0.2, 0.25) is 0 Å². The van der Waals surface area contributed by atoms with Gasteiger partial charge in [-0.05, 0) is 13.8 Å². The van der Waals surface area contributed by atoms with Crippen molar-refractivity contribution in [3.05, 3.63) is 0 Å². The van der Waals surface area contributed by atoms with Gasteiger partial charge in [0.2, 0.25) is 0 Å². The summed E-state index contributed by atoms with van der Waals surface area (Å²) in [5.74, 6) is -0.223. The quantitative estimate of drug-likeness (QED) is 0.601. The Morgan fingerprint density at radius 2 is 1.80 bits per heavy atom. The third-order valence-corrected chi connectivity index (χ3v) is 4.00. The fraction of sp³-hybridized carbons (Fsp3) is 0.900. The molecule has 0 spiro atoms. The number of hydrogen-bond acceptors (Lipinski definition) is 2. The first-order valence-corrected chi connectivity index (χ1v) is 7.07. The summed E-state index contributed by atoms with van der Waals surface area (Å²) in [6.07, 6.45) is 1.98. The van der Waals surface area contributed by atoms with Crippen LogP contribution in [0.3, 0.4) is 0 Å². The lowest BCUT2D eigenvalue weighted by Crippen LogP contribution is -3.17. The lowest BCUT2D eigenvalue weighted by atomic mass is 9.95. The molecule has 1 fully saturated rings. The van der Waals surface area contributed by atoms with Crippen LogP contribution in [0.1, 0.15) is 26.7 Å². The van der Waals surface area contributed by atoms with Crippen LogP contribution < -0.4 is 4.90 Å². The molecule has 1 aliphatic heterocycles. The highest BCUT2D eigenvalue weighted by atomic mass is 79.9. The maximum absolute atomic E-state index is 11.4. The molecule has 0 aromatic rings. The fourth-order valence-electron chi connectivity index (χ4n) is 2.05. The van der Waals surface area contributed by atoms with Crippen molar-refractivity contribution in [3.63, 3.8) is 0 Å². The Labute approximate surface area is 108 Å². The van der Waals surface area contributed by atoms with Gasteiger partial charge >= 0.3 is 5.97 Å². The normalized spacial score (nSPS) is 36.7. The van der Waals surface area contributed by atoms with E-state index in [1.807, 2.05) is 0 Å². The average molecular weight is 344 g/mol. The summed E-state index contributed by atoms with van der Waals surface area (Å²) in [5.41, 5.74) is 0. The van der Waals surface area contributed by atoms with E-state index in [9.17, 15) is 4.79 Å². The van der Waals surface area contributed by atoms with E-state index < -0.39 is 0 Å². The molecule has 0 aromatic carbocycles. The van der Waals surface area contributed by atoms with Crippen molar-refractivity contribution >= 4 is 37.8 Å². The van der Waals surface area contributed by atoms with Crippen molar-refractivity contribution in [3.8, 4) is 0 Å². The molecule has 0 bridgehead atoms. The largest absolute Gasteiger partial charge is 0.460 e. The molecule has 2 unspecified atom stereocenters. The molecule has 1 N–H and O–H groups in total. The number of quaternary nitrogens is 1. The summed E-state index contributed by atoms with van der Waals surface area (Å²) in [7, 11) is 2.20. The second kappa shape index (κ2) is 5.64. The lowest BCUT2D eigenvalue weighted by Gasteiger charge is -2.36. The molecule has 0 aromatic heterocycles. The molecular formula is C10H18Br2NO2+. The maximum Gasteiger partial charge on any atom is 0.330 e. The van der Waals surface area contributed by atoms with Crippen LogP contribution in [0.25, 0.3) is 0 Å². The highest BCUT2D eigenvalue weighted by molar-refractivity contribution is 9.25. The SMILES string of the molecule is CC1CC(OC(=O)C(Br)Br)CC(C)[NH+]1C. The number of rotatable bonds is 2. The highest BCUT2D eigenvalue weighted by Gasteiger charge is 2.34. The lowest BCUT2D eigenvalue weighted by molar-refractivity contribution is -0.933. The second-order valence-electron chi connectivity index (χ2n) is 4.38. The molecule has 0 amide bonds. The van der Waals surface area contributed by atoms with Crippen LogP contribution in [-0.4, -0.2) is 34.9 Å². The second-order valence-corrected chi connectivity index (χ2v) is 7.44. The summed E-state index contributed by atoms with van der Waals surface area (Å²) < 4.78 is 5.01. The topological polar surface area (TPSA) is 30.7 Å². The van der Waals surface area contributed by atoms with Crippen LogP contribution in [0, 0.1) is 0 Å². The first-order chi connectivity index (χ1) is 6.91. The van der Waals surface area contributed by atoms with Crippen LogP contribution in [0.4, 0.5) is 0 Å². The molecule has 0 aliphatic carbocycles. The smallest absolute Gasteiger partial charge is 0.330 e. The van der Waals surface area contributed by atoms with Crippen LogP contribution in [0.15, 0.2) is 0 Å². The van der Waals surface area contributed by atoms with Gasteiger partial charge in [-0.3, -0.25) is 0 Å². The number of likely N-dealkylation sites (tertiary alicyclic amines) is 1. The number of carbonyl (C=O) groups excluding carboxylic acids is 1. The summed E-state index contributed by atoms with van der Waals surface area (Å²) in [6, 6.07) is 1.10. The Hall–Kier alpha value is 0.390. The Morgan fingerprint density at radius 3 is 2.20 bits per heavy atom. The van der Waals surface area contributed by atoms with E-state index in [-0.39, 0.29) is 15.8 Å². The van der Waals surface area contributed by atoms with Crippen LogP contribution in [0.5, 0.6) is 0 Å². The number of ether oxygens (including phenoxy) is 1. The van der Waals surface area contributed by atoms with Gasteiger partial charge in [0.05, 0.1) is 19.1 Å². The van der Waals surface area contributed by atoms with Gasteiger partial charge in [0, 0.05) is 12.8 Å². The van der Waals surface area contributed by atoms with Crippen molar-refractivity contribution in [2.24, 2.45) is 0 Å². The number of nitrogens with one attached hydrogen (secondary N) is 1. The maximum atomic E-state index is 11.4. The van der Waals surface area contributed by atoms with Gasteiger partial charge in [0.1, 0.15) is 6.10 Å². The van der Waals surface area contributed by atoms with E-state index in [0.29, 0.717) is 12.1 Å². The van der Waals surface area contributed by atoms with Crippen molar-refractivity contribution in [2.45, 2.75) is 48.6 Å². The Balaban J connectivity index is 2.48. The first-order valence-electron chi connectivity index (χ1n) is 5.23. The predicted molar refractivity (Wildman–Crippen MR) is 66.6 cm³/mol. The van der Waals surface area contributed by atoms with Gasteiger partial charge in [0.25, 0.3) is 0 Å². The molecule has 5 heteroatoms. The Morgan fingerprint density at radius 1 is 1.33 bits per heavy atom. The summed E-state index contributed by atoms with van der Waals surface area (Å²) in [4.78, 5) is 12.9. The van der Waals surface area contributed by atoms with Crippen LogP contribution in [-0.2, 0) is 9.53 Å². The van der Waals surface area contributed by atoms with E-state index in [1.54, 1.807) is 0 Å². The van der Waals surface area contributed by atoms with Gasteiger partial charge in [0.15, 0.2) is 3.74 Å². The third kappa shape index (κ3) is 3.71. The van der Waals surface area contributed by atoms with Gasteiger partial charge in [-0.15, -0.1) is 0 Å². The Kier molecular flexibility index (Phi) is 5.06. The van der Waals surface area contributed by atoms with E-state index in [4.69, 9.17) is 4.74 Å². The molecule has 3 nitrogen and oxygen atoms in total. The monoisotopic (exact) mass is 342 g/mol. The number of alkyl halides is 2. The van der Waals surface area contributed by atoms with Crippen molar-refractivity contribution in [1.29, 1.82) is 0 Å². The third-order valence-electron chi connectivity index (χ3n) is 3.25. The van der Waals surface area contributed by atoms with Gasteiger partial charge < -0.3 is 9.64 Å². The molecule has 15 heavy (non-hydrogen) atoms. The molecule has 88 valence electrons. The minimum Gasteiger partial charge on any atom is -0.460 e. The molecule has 1 saturated heterocycles. The number of halogens is 2. The van der Waals surface area contributed by atoms with E-state index in [2.05, 4.69) is 52.8 Å². The minimum atomic E-state index is -0.386. The van der Waals surface area contributed by atoms with E-state index in [0.717, 1.165) is 12.8 Å². The zero-order valence-electron chi connectivity index (χ0n) is 9.30. The average Bonchev–Trinajstić information content (AvgIpc) is 2.13. The molecule has 0 saturated carbocycles. The number of hydrogen-bond donors (Lipinski definition) is 1. The van der Waals surface area contributed by atoms with Gasteiger partial charge in [-0.1, -0.05) is 31.9 Å². The Bertz CT molecular complexity index is 223. The first kappa shape index (κ1) is 13.5. The molecule has 2 atom stereocenters. The number of piperidine rings is 1. The molecule has 1 aliphatic rings. The van der Waals surface area contributed by atoms with E-state index >= 15 is 0 Å². The molecule has 1 rings (SSSR count). The van der Waals surface area contributed by atoms with Gasteiger partial charge in [-0.25, -0.2) is 4.79 Å². The van der Waals surface area contributed by atoms with E-state index in [1.165, 1.54) is 4.90 Å². The zero-order chi connectivity index (χ0) is 11.6. The summed E-state index contributed by atoms with van der Waals surface area (Å²) in [5, 5.41) is 0. The highest BCUT2D eigenvalue weighted by Crippen LogP contribution is 2.17. The fourth-order valence-corrected chi connectivity index (χ4v) is 2.27. The minimum absolute atomic E-state index is 0.0730. The van der Waals surface area contributed by atoms with Gasteiger partial charge in [-0.2, -0.15) is 0 Å². The standard InChI is InChI=1S/C10H17Br2NO2/c1-6-4-8(5-7(2)13(6)3)15-10(14)9(11)12/h6-9H,4-5H2,1-3H3/p+1. The van der Waals surface area contributed by atoms with Crippen molar-refractivity contribution in [1.82, 2.24) is 0 Å². The van der Waals surface area contributed by atoms with Crippen LogP contribution >= 0.6 is 31.9 Å². The molecule has 0 radical (unpaired) electrons. The molecule has 1 heterocycles. The van der Waals surface area contributed by atoms with Crippen molar-refractivity contribution < 1.29 is 14.4 Å². The van der Waals surface area contributed by atoms with Crippen molar-refractivity contribution in [2.75, 3.05) is 7.05 Å². The number of carbonyl (C=O) groups is 1. The predicted octanol–water partition coefficient (Wildman–Crippen LogP) is 1.10. The number of esters is 1. The zero-order valence-corrected chi connectivity index (χ0v) is 12.5. The molecular weight excluding hydrogens is 326 g/mol.